The molecule has 0 bridgehead atoms. The van der Waals surface area contributed by atoms with Crippen molar-refractivity contribution in [2.45, 2.75) is 23.6 Å². The Morgan fingerprint density at radius 3 is 2.52 bits per heavy atom. The molecular weight excluding hydrogens is 382 g/mol. The van der Waals surface area contributed by atoms with Crippen LogP contribution < -0.4 is 10.0 Å². The lowest BCUT2D eigenvalue weighted by Gasteiger charge is -2.18. The number of anilines is 1. The maximum atomic E-state index is 12.8. The molecule has 0 fully saturated rings. The minimum atomic E-state index is -3.79. The number of carbonyl (C=O) groups is 1. The topological polar surface area (TPSA) is 88.2 Å². The zero-order valence-electron chi connectivity index (χ0n) is 14.6. The van der Waals surface area contributed by atoms with Gasteiger partial charge in [0.2, 0.25) is 5.91 Å². The van der Waals surface area contributed by atoms with Gasteiger partial charge in [0.25, 0.3) is 10.0 Å². The lowest BCUT2D eigenvalue weighted by atomic mass is 10.1. The molecule has 1 unspecified atom stereocenters. The first-order valence-corrected chi connectivity index (χ1v) is 10.6. The molecule has 0 aliphatic rings. The molecule has 140 valence electrons. The molecule has 2 aromatic heterocycles. The molecular formula is C19H19N3O3S2. The number of aryl methyl sites for hydroxylation is 1. The monoisotopic (exact) mass is 401 g/mol. The molecule has 6 nitrogen and oxygen atoms in total. The van der Waals surface area contributed by atoms with E-state index in [1.807, 2.05) is 43.3 Å². The number of hydrogen-bond acceptors (Lipinski definition) is 5. The molecule has 0 radical (unpaired) electrons. The number of thiophene rings is 1. The van der Waals surface area contributed by atoms with E-state index >= 15 is 0 Å². The molecule has 0 aliphatic carbocycles. The third-order valence-electron chi connectivity index (χ3n) is 3.80. The van der Waals surface area contributed by atoms with Crippen LogP contribution in [0.15, 0.2) is 70.3 Å². The second-order valence-corrected chi connectivity index (χ2v) is 8.84. The number of amides is 1. The maximum Gasteiger partial charge on any atom is 0.250 e. The van der Waals surface area contributed by atoms with Crippen molar-refractivity contribution in [3.63, 3.8) is 0 Å². The molecule has 1 aromatic carbocycles. The van der Waals surface area contributed by atoms with Gasteiger partial charge in [-0.05, 0) is 42.5 Å². The lowest BCUT2D eigenvalue weighted by molar-refractivity contribution is -0.117. The second kappa shape index (κ2) is 8.43. The predicted octanol–water partition coefficient (Wildman–Crippen LogP) is 2.98. The summed E-state index contributed by atoms with van der Waals surface area (Å²) >= 11 is 1.10. The summed E-state index contributed by atoms with van der Waals surface area (Å²) in [5, 5.41) is 4.38. The van der Waals surface area contributed by atoms with Crippen molar-refractivity contribution >= 4 is 33.1 Å². The Kier molecular flexibility index (Phi) is 6.00. The van der Waals surface area contributed by atoms with Crippen LogP contribution in [0.25, 0.3) is 0 Å². The van der Waals surface area contributed by atoms with Crippen LogP contribution in [0.4, 0.5) is 5.82 Å². The van der Waals surface area contributed by atoms with Crippen molar-refractivity contribution in [3.8, 4) is 0 Å². The Hall–Kier alpha value is -2.55. The molecule has 27 heavy (non-hydrogen) atoms. The van der Waals surface area contributed by atoms with Gasteiger partial charge in [-0.15, -0.1) is 11.3 Å². The third kappa shape index (κ3) is 5.22. The Balaban J connectivity index is 1.83. The number of hydrogen-bond donors (Lipinski definition) is 2. The smallest absolute Gasteiger partial charge is 0.250 e. The number of aromatic nitrogens is 1. The van der Waals surface area contributed by atoms with E-state index in [9.17, 15) is 13.2 Å². The number of rotatable bonds is 7. The van der Waals surface area contributed by atoms with E-state index in [2.05, 4.69) is 15.0 Å². The normalized spacial score (nSPS) is 12.5. The van der Waals surface area contributed by atoms with Gasteiger partial charge in [0, 0.05) is 5.69 Å². The molecule has 2 N–H and O–H groups in total. The van der Waals surface area contributed by atoms with Crippen LogP contribution in [0.1, 0.15) is 11.3 Å². The van der Waals surface area contributed by atoms with Gasteiger partial charge in [0.05, 0.1) is 0 Å². The van der Waals surface area contributed by atoms with Crippen LogP contribution in [-0.2, 0) is 21.2 Å². The van der Waals surface area contributed by atoms with E-state index in [4.69, 9.17) is 0 Å². The highest BCUT2D eigenvalue weighted by molar-refractivity contribution is 7.91. The van der Waals surface area contributed by atoms with Gasteiger partial charge in [-0.25, -0.2) is 13.4 Å². The van der Waals surface area contributed by atoms with Crippen LogP contribution >= 0.6 is 11.3 Å². The van der Waals surface area contributed by atoms with E-state index < -0.39 is 22.0 Å². The summed E-state index contributed by atoms with van der Waals surface area (Å²) in [7, 11) is -3.79. The first-order chi connectivity index (χ1) is 12.9. The summed E-state index contributed by atoms with van der Waals surface area (Å²) in [5.41, 5.74) is 1.61. The van der Waals surface area contributed by atoms with Gasteiger partial charge < -0.3 is 5.32 Å². The average molecular weight is 402 g/mol. The van der Waals surface area contributed by atoms with Gasteiger partial charge >= 0.3 is 0 Å². The van der Waals surface area contributed by atoms with Gasteiger partial charge in [0.15, 0.2) is 0 Å². The Morgan fingerprint density at radius 1 is 1.07 bits per heavy atom. The minimum absolute atomic E-state index is 0.169. The predicted molar refractivity (Wildman–Crippen MR) is 106 cm³/mol. The molecule has 2 heterocycles. The van der Waals surface area contributed by atoms with Crippen LogP contribution in [0.5, 0.6) is 0 Å². The first-order valence-electron chi connectivity index (χ1n) is 8.28. The van der Waals surface area contributed by atoms with E-state index in [0.29, 0.717) is 5.82 Å². The van der Waals surface area contributed by atoms with Crippen molar-refractivity contribution in [1.82, 2.24) is 9.71 Å². The van der Waals surface area contributed by atoms with Crippen molar-refractivity contribution in [2.24, 2.45) is 0 Å². The quantitative estimate of drug-likeness (QED) is 0.637. The van der Waals surface area contributed by atoms with Crippen LogP contribution in [0.3, 0.4) is 0 Å². The molecule has 8 heteroatoms. The van der Waals surface area contributed by atoms with Crippen molar-refractivity contribution in [2.75, 3.05) is 5.32 Å². The molecule has 0 spiro atoms. The second-order valence-electron chi connectivity index (χ2n) is 5.95. The number of nitrogens with zero attached hydrogens (tertiary/aromatic N) is 1. The standard InChI is InChI=1S/C19H19N3O3S2/c1-14-7-5-10-17(20-14)21-19(23)16(13-15-8-3-2-4-9-15)22-27(24,25)18-11-6-12-26-18/h2-12,16,22H,13H2,1H3,(H,20,21,23). The molecule has 1 amide bonds. The molecule has 0 saturated carbocycles. The van der Waals surface area contributed by atoms with E-state index in [1.165, 1.54) is 6.07 Å². The summed E-state index contributed by atoms with van der Waals surface area (Å²) in [5.74, 6) is -0.0783. The van der Waals surface area contributed by atoms with Crippen molar-refractivity contribution in [1.29, 1.82) is 0 Å². The van der Waals surface area contributed by atoms with Crippen LogP contribution in [0, 0.1) is 6.92 Å². The lowest BCUT2D eigenvalue weighted by Crippen LogP contribution is -2.45. The van der Waals surface area contributed by atoms with Crippen LogP contribution in [0.2, 0.25) is 0 Å². The number of benzene rings is 1. The SMILES string of the molecule is Cc1cccc(NC(=O)C(Cc2ccccc2)NS(=O)(=O)c2cccs2)n1. The van der Waals surface area contributed by atoms with E-state index in [1.54, 1.807) is 23.6 Å². The van der Waals surface area contributed by atoms with Gasteiger partial charge in [-0.2, -0.15) is 4.72 Å². The average Bonchev–Trinajstić information content (AvgIpc) is 3.17. The molecule has 3 rings (SSSR count). The highest BCUT2D eigenvalue weighted by atomic mass is 32.2. The number of sulfonamides is 1. The number of carbonyl (C=O) groups excluding carboxylic acids is 1. The number of nitrogens with one attached hydrogen (secondary N) is 2. The third-order valence-corrected chi connectivity index (χ3v) is 6.67. The first kappa shape index (κ1) is 19.2. The van der Waals surface area contributed by atoms with Crippen molar-refractivity contribution < 1.29 is 13.2 Å². The van der Waals surface area contributed by atoms with Gasteiger partial charge in [-0.1, -0.05) is 42.5 Å². The fourth-order valence-corrected chi connectivity index (χ4v) is 4.73. The Bertz CT molecular complexity index is 1000. The molecule has 0 aliphatic heterocycles. The van der Waals surface area contributed by atoms with Crippen molar-refractivity contribution in [3.05, 3.63) is 77.3 Å². The summed E-state index contributed by atoms with van der Waals surface area (Å²) in [4.78, 5) is 17.0. The highest BCUT2D eigenvalue weighted by Crippen LogP contribution is 2.17. The molecule has 0 saturated heterocycles. The largest absolute Gasteiger partial charge is 0.309 e. The van der Waals surface area contributed by atoms with E-state index in [0.717, 1.165) is 22.6 Å². The summed E-state index contributed by atoms with van der Waals surface area (Å²) < 4.78 is 27.9. The fraction of sp³-hybridized carbons (Fsp3) is 0.158. The fourth-order valence-electron chi connectivity index (χ4n) is 2.53. The summed E-state index contributed by atoms with van der Waals surface area (Å²) in [6.07, 6.45) is 0.225. The van der Waals surface area contributed by atoms with Gasteiger partial charge in [-0.3, -0.25) is 4.79 Å². The maximum absolute atomic E-state index is 12.8. The molecule has 3 aromatic rings. The zero-order chi connectivity index (χ0) is 19.3. The Labute approximate surface area is 162 Å². The Morgan fingerprint density at radius 2 is 1.85 bits per heavy atom. The highest BCUT2D eigenvalue weighted by Gasteiger charge is 2.27. The van der Waals surface area contributed by atoms with Gasteiger partial charge in [0.1, 0.15) is 16.1 Å². The zero-order valence-corrected chi connectivity index (χ0v) is 16.3. The summed E-state index contributed by atoms with van der Waals surface area (Å²) in [6, 6.07) is 16.7. The minimum Gasteiger partial charge on any atom is -0.309 e. The number of pyridine rings is 1. The summed E-state index contributed by atoms with van der Waals surface area (Å²) in [6.45, 7) is 1.82. The van der Waals surface area contributed by atoms with Crippen LogP contribution in [-0.4, -0.2) is 25.4 Å². The molecule has 1 atom stereocenters. The van der Waals surface area contributed by atoms with E-state index in [-0.39, 0.29) is 10.6 Å².